The Kier molecular flexibility index (Phi) is 4.86. The zero-order valence-electron chi connectivity index (χ0n) is 10.8. The lowest BCUT2D eigenvalue weighted by Gasteiger charge is -2.09. The van der Waals surface area contributed by atoms with Gasteiger partial charge in [-0.3, -0.25) is 4.98 Å². The van der Waals surface area contributed by atoms with Crippen molar-refractivity contribution in [3.8, 4) is 0 Å². The number of hydrogen-bond acceptors (Lipinski definition) is 3. The fourth-order valence-corrected chi connectivity index (χ4v) is 1.79. The number of anilines is 1. The van der Waals surface area contributed by atoms with E-state index in [0.717, 1.165) is 17.8 Å². The van der Waals surface area contributed by atoms with Crippen LogP contribution in [0.3, 0.4) is 0 Å². The Morgan fingerprint density at radius 2 is 2.00 bits per heavy atom. The van der Waals surface area contributed by atoms with Crippen molar-refractivity contribution in [3.63, 3.8) is 0 Å². The maximum Gasteiger partial charge on any atom is 0.261 e. The highest BCUT2D eigenvalue weighted by Crippen LogP contribution is 2.09. The van der Waals surface area contributed by atoms with E-state index < -0.39 is 0 Å². The van der Waals surface area contributed by atoms with Crippen LogP contribution >= 0.6 is 12.2 Å². The molecule has 1 aromatic heterocycles. The van der Waals surface area contributed by atoms with Gasteiger partial charge < -0.3 is 10.1 Å². The van der Waals surface area contributed by atoms with Gasteiger partial charge in [-0.1, -0.05) is 23.8 Å². The van der Waals surface area contributed by atoms with Crippen LogP contribution in [0.1, 0.15) is 11.3 Å². The minimum atomic E-state index is 0.389. The first-order valence-electron chi connectivity index (χ1n) is 6.14. The van der Waals surface area contributed by atoms with Gasteiger partial charge in [0.25, 0.3) is 5.17 Å². The van der Waals surface area contributed by atoms with Crippen LogP contribution in [0.15, 0.2) is 48.7 Å². The van der Waals surface area contributed by atoms with Gasteiger partial charge in [0.2, 0.25) is 0 Å². The van der Waals surface area contributed by atoms with Gasteiger partial charge in [-0.05, 0) is 43.4 Å². The molecule has 0 bridgehead atoms. The van der Waals surface area contributed by atoms with E-state index in [9.17, 15) is 0 Å². The van der Waals surface area contributed by atoms with Gasteiger partial charge in [0.1, 0.15) is 0 Å². The molecule has 19 heavy (non-hydrogen) atoms. The molecule has 0 unspecified atom stereocenters. The van der Waals surface area contributed by atoms with Crippen LogP contribution in [0.4, 0.5) is 5.69 Å². The van der Waals surface area contributed by atoms with Gasteiger partial charge in [0.15, 0.2) is 0 Å². The monoisotopic (exact) mass is 272 g/mol. The molecule has 0 saturated carbocycles. The number of rotatable bonds is 4. The molecule has 0 atom stereocenters. The number of hydrogen-bond donors (Lipinski definition) is 1. The van der Waals surface area contributed by atoms with Crippen LogP contribution in [0.5, 0.6) is 0 Å². The van der Waals surface area contributed by atoms with E-state index in [0.29, 0.717) is 11.8 Å². The molecule has 2 rings (SSSR count). The predicted molar refractivity (Wildman–Crippen MR) is 81.3 cm³/mol. The lowest BCUT2D eigenvalue weighted by Crippen LogP contribution is -2.15. The molecule has 1 N–H and O–H groups in total. The Labute approximate surface area is 118 Å². The van der Waals surface area contributed by atoms with Gasteiger partial charge >= 0.3 is 0 Å². The summed E-state index contributed by atoms with van der Waals surface area (Å²) in [5.74, 6) is 0. The van der Waals surface area contributed by atoms with E-state index >= 15 is 0 Å². The first-order chi connectivity index (χ1) is 9.24. The summed E-state index contributed by atoms with van der Waals surface area (Å²) in [6.45, 7) is 2.57. The third-order valence-corrected chi connectivity index (χ3v) is 2.84. The summed E-state index contributed by atoms with van der Waals surface area (Å²) >= 11 is 5.13. The molecule has 0 aliphatic rings. The molecular weight excluding hydrogens is 256 g/mol. The summed E-state index contributed by atoms with van der Waals surface area (Å²) in [4.78, 5) is 4.23. The van der Waals surface area contributed by atoms with Gasteiger partial charge in [-0.25, -0.2) is 0 Å². The number of aromatic nitrogens is 1. The third kappa shape index (κ3) is 4.67. The molecule has 0 amide bonds. The summed E-state index contributed by atoms with van der Waals surface area (Å²) in [5, 5.41) is 3.43. The largest absolute Gasteiger partial charge is 0.470 e. The average Bonchev–Trinajstić information content (AvgIpc) is 2.43. The number of nitrogens with zero attached hydrogens (tertiary/aromatic N) is 1. The standard InChI is InChI=1S/C15H16N2OS/c1-12-5-7-14(8-6-12)17-15(19)18-11-9-13-4-2-3-10-16-13/h2-8,10H,9,11H2,1H3,(H,17,19). The maximum absolute atomic E-state index is 5.46. The van der Waals surface area contributed by atoms with Crippen LogP contribution < -0.4 is 5.32 Å². The first-order valence-corrected chi connectivity index (χ1v) is 6.55. The van der Waals surface area contributed by atoms with Crippen molar-refractivity contribution in [2.45, 2.75) is 13.3 Å². The van der Waals surface area contributed by atoms with E-state index in [2.05, 4.69) is 10.3 Å². The number of nitrogens with one attached hydrogen (secondary N) is 1. The Hall–Kier alpha value is -1.94. The maximum atomic E-state index is 5.46. The summed E-state index contributed by atoms with van der Waals surface area (Å²) in [6.07, 6.45) is 2.52. The molecule has 2 aromatic rings. The Balaban J connectivity index is 1.74. The lowest BCUT2D eigenvalue weighted by molar-refractivity contribution is 0.315. The molecule has 0 aliphatic carbocycles. The van der Waals surface area contributed by atoms with Crippen molar-refractivity contribution < 1.29 is 4.74 Å². The number of thiocarbonyl (C=S) groups is 1. The molecule has 0 radical (unpaired) electrons. The average molecular weight is 272 g/mol. The highest BCUT2D eigenvalue weighted by atomic mass is 32.1. The van der Waals surface area contributed by atoms with E-state index in [-0.39, 0.29) is 0 Å². The molecule has 3 nitrogen and oxygen atoms in total. The van der Waals surface area contributed by atoms with Crippen LogP contribution in [0.25, 0.3) is 0 Å². The highest BCUT2D eigenvalue weighted by Gasteiger charge is 1.99. The van der Waals surface area contributed by atoms with Crippen molar-refractivity contribution in [2.24, 2.45) is 0 Å². The van der Waals surface area contributed by atoms with Crippen LogP contribution in [-0.4, -0.2) is 16.8 Å². The van der Waals surface area contributed by atoms with Crippen LogP contribution in [0.2, 0.25) is 0 Å². The van der Waals surface area contributed by atoms with Crippen molar-refractivity contribution in [1.82, 2.24) is 4.98 Å². The minimum Gasteiger partial charge on any atom is -0.470 e. The summed E-state index contributed by atoms with van der Waals surface area (Å²) in [5.41, 5.74) is 3.15. The summed E-state index contributed by atoms with van der Waals surface area (Å²) < 4.78 is 5.46. The van der Waals surface area contributed by atoms with Crippen molar-refractivity contribution in [3.05, 3.63) is 59.9 Å². The second-order valence-electron chi connectivity index (χ2n) is 4.20. The fraction of sp³-hybridized carbons (Fsp3) is 0.200. The second-order valence-corrected chi connectivity index (χ2v) is 4.57. The summed E-state index contributed by atoms with van der Waals surface area (Å²) in [6, 6.07) is 13.8. The molecule has 1 heterocycles. The molecule has 0 saturated heterocycles. The first kappa shape index (κ1) is 13.5. The SMILES string of the molecule is Cc1ccc(NC(=S)OCCc2ccccn2)cc1. The molecule has 0 fully saturated rings. The molecule has 1 aromatic carbocycles. The van der Waals surface area contributed by atoms with E-state index in [1.54, 1.807) is 6.20 Å². The van der Waals surface area contributed by atoms with Gasteiger partial charge in [0, 0.05) is 24.0 Å². The number of pyridine rings is 1. The predicted octanol–water partition coefficient (Wildman–Crippen LogP) is 3.35. The van der Waals surface area contributed by atoms with Gasteiger partial charge in [-0.15, -0.1) is 0 Å². The molecular formula is C15H16N2OS. The van der Waals surface area contributed by atoms with Crippen molar-refractivity contribution in [2.75, 3.05) is 11.9 Å². The number of aryl methyl sites for hydroxylation is 1. The second kappa shape index (κ2) is 6.85. The van der Waals surface area contributed by atoms with Gasteiger partial charge in [0.05, 0.1) is 6.61 Å². The minimum absolute atomic E-state index is 0.389. The Morgan fingerprint density at radius 1 is 1.21 bits per heavy atom. The van der Waals surface area contributed by atoms with E-state index in [1.165, 1.54) is 5.56 Å². The Bertz CT molecular complexity index is 526. The Morgan fingerprint density at radius 3 is 2.68 bits per heavy atom. The van der Waals surface area contributed by atoms with E-state index in [1.807, 2.05) is 49.4 Å². The zero-order chi connectivity index (χ0) is 13.5. The van der Waals surface area contributed by atoms with Crippen LogP contribution in [-0.2, 0) is 11.2 Å². The van der Waals surface area contributed by atoms with E-state index in [4.69, 9.17) is 17.0 Å². The lowest BCUT2D eigenvalue weighted by atomic mass is 10.2. The molecule has 98 valence electrons. The quantitative estimate of drug-likeness (QED) is 0.866. The topological polar surface area (TPSA) is 34.1 Å². The zero-order valence-corrected chi connectivity index (χ0v) is 11.6. The fourth-order valence-electron chi connectivity index (χ4n) is 1.59. The molecule has 0 spiro atoms. The summed E-state index contributed by atoms with van der Waals surface area (Å²) in [7, 11) is 0. The smallest absolute Gasteiger partial charge is 0.261 e. The van der Waals surface area contributed by atoms with Crippen LogP contribution in [0, 0.1) is 6.92 Å². The number of ether oxygens (including phenoxy) is 1. The van der Waals surface area contributed by atoms with Crippen molar-refractivity contribution in [1.29, 1.82) is 0 Å². The van der Waals surface area contributed by atoms with Gasteiger partial charge in [-0.2, -0.15) is 0 Å². The normalized spacial score (nSPS) is 9.95. The van der Waals surface area contributed by atoms with Crippen molar-refractivity contribution >= 4 is 23.1 Å². The number of benzene rings is 1. The molecule has 0 aliphatic heterocycles. The molecule has 4 heteroatoms. The highest BCUT2D eigenvalue weighted by molar-refractivity contribution is 7.80. The third-order valence-electron chi connectivity index (χ3n) is 2.62.